The minimum Gasteiger partial charge on any atom is -0.480 e. The second-order valence-electron chi connectivity index (χ2n) is 5.38. The van der Waals surface area contributed by atoms with Crippen molar-refractivity contribution in [3.8, 4) is 17.1 Å². The van der Waals surface area contributed by atoms with Gasteiger partial charge in [0.2, 0.25) is 5.88 Å². The Morgan fingerprint density at radius 1 is 1.41 bits per heavy atom. The van der Waals surface area contributed by atoms with Crippen molar-refractivity contribution in [3.63, 3.8) is 0 Å². The molecule has 1 aliphatic carbocycles. The summed E-state index contributed by atoms with van der Waals surface area (Å²) in [6, 6.07) is 1.85. The first-order chi connectivity index (χ1) is 10.5. The third-order valence-electron chi connectivity index (χ3n) is 3.83. The van der Waals surface area contributed by atoms with Crippen LogP contribution >= 0.6 is 11.6 Å². The van der Waals surface area contributed by atoms with Gasteiger partial charge in [-0.2, -0.15) is 4.98 Å². The third-order valence-corrected chi connectivity index (χ3v) is 4.13. The Labute approximate surface area is 132 Å². The summed E-state index contributed by atoms with van der Waals surface area (Å²) in [7, 11) is 1.54. The summed E-state index contributed by atoms with van der Waals surface area (Å²) < 4.78 is 5.28. The van der Waals surface area contributed by atoms with Crippen molar-refractivity contribution in [2.24, 2.45) is 5.92 Å². The zero-order valence-corrected chi connectivity index (χ0v) is 13.3. The monoisotopic (exact) mass is 318 g/mol. The average Bonchev–Trinajstić information content (AvgIpc) is 3.28. The lowest BCUT2D eigenvalue weighted by molar-refractivity contribution is -0.118. The number of carbonyl (C=O) groups is 1. The second-order valence-corrected chi connectivity index (χ2v) is 5.73. The molecule has 0 radical (unpaired) electrons. The van der Waals surface area contributed by atoms with Gasteiger partial charge in [0.1, 0.15) is 17.3 Å². The molecule has 0 N–H and O–H groups in total. The van der Waals surface area contributed by atoms with Crippen LogP contribution in [0.25, 0.3) is 11.3 Å². The van der Waals surface area contributed by atoms with E-state index in [1.807, 2.05) is 6.07 Å². The predicted octanol–water partition coefficient (Wildman–Crippen LogP) is 2.60. The van der Waals surface area contributed by atoms with Crippen molar-refractivity contribution >= 4 is 17.4 Å². The minimum absolute atomic E-state index is 0.0331. The Bertz CT molecular complexity index is 750. The highest BCUT2D eigenvalue weighted by molar-refractivity contribution is 6.30. The lowest BCUT2D eigenvalue weighted by Crippen LogP contribution is -2.01. The van der Waals surface area contributed by atoms with Gasteiger partial charge in [-0.25, -0.2) is 4.98 Å². The van der Waals surface area contributed by atoms with E-state index in [0.29, 0.717) is 28.1 Å². The van der Waals surface area contributed by atoms with Gasteiger partial charge in [-0.05, 0) is 37.8 Å². The summed E-state index contributed by atoms with van der Waals surface area (Å²) in [4.78, 5) is 19.9. The smallest absolute Gasteiger partial charge is 0.226 e. The van der Waals surface area contributed by atoms with Crippen LogP contribution in [0.3, 0.4) is 0 Å². The number of aryl methyl sites for hydroxylation is 1. The largest absolute Gasteiger partial charge is 0.480 e. The van der Waals surface area contributed by atoms with Gasteiger partial charge in [-0.3, -0.25) is 4.79 Å². The molecule has 2 aromatic heterocycles. The number of nitrogens with zero attached hydrogens (tertiary/aromatic N) is 4. The number of halogens is 1. The Morgan fingerprint density at radius 3 is 2.82 bits per heavy atom. The first-order valence-electron chi connectivity index (χ1n) is 6.92. The van der Waals surface area contributed by atoms with Crippen LogP contribution in [0.5, 0.6) is 5.88 Å². The quantitative estimate of drug-likeness (QED) is 0.862. The molecule has 2 atom stereocenters. The van der Waals surface area contributed by atoms with Gasteiger partial charge in [0, 0.05) is 12.1 Å². The Balaban J connectivity index is 2.01. The molecule has 0 aromatic carbocycles. The van der Waals surface area contributed by atoms with Crippen molar-refractivity contribution in [1.82, 2.24) is 20.2 Å². The normalized spacial score (nSPS) is 19.8. The Kier molecular flexibility index (Phi) is 3.78. The number of aromatic nitrogens is 4. The zero-order valence-electron chi connectivity index (χ0n) is 12.5. The molecule has 0 spiro atoms. The van der Waals surface area contributed by atoms with E-state index in [9.17, 15) is 4.79 Å². The number of rotatable bonds is 4. The van der Waals surface area contributed by atoms with Crippen molar-refractivity contribution in [2.75, 3.05) is 7.11 Å². The molecule has 2 heterocycles. The summed E-state index contributed by atoms with van der Waals surface area (Å²) in [5.74, 6) is 1.38. The van der Waals surface area contributed by atoms with E-state index in [2.05, 4.69) is 20.2 Å². The van der Waals surface area contributed by atoms with E-state index < -0.39 is 0 Å². The van der Waals surface area contributed by atoms with Crippen LogP contribution < -0.4 is 4.74 Å². The molecule has 7 heteroatoms. The fourth-order valence-corrected chi connectivity index (χ4v) is 2.78. The van der Waals surface area contributed by atoms with Gasteiger partial charge in [-0.15, -0.1) is 10.2 Å². The molecule has 1 aliphatic rings. The van der Waals surface area contributed by atoms with Gasteiger partial charge in [-0.1, -0.05) is 11.6 Å². The van der Waals surface area contributed by atoms with E-state index in [4.69, 9.17) is 16.3 Å². The summed E-state index contributed by atoms with van der Waals surface area (Å²) >= 11 is 6.14. The topological polar surface area (TPSA) is 77.9 Å². The molecule has 1 fully saturated rings. The maximum Gasteiger partial charge on any atom is 0.226 e. The summed E-state index contributed by atoms with van der Waals surface area (Å²) in [5, 5.41) is 8.44. The fraction of sp³-hybridized carbons (Fsp3) is 0.400. The number of ether oxygens (including phenoxy) is 1. The zero-order chi connectivity index (χ0) is 15.9. The fourth-order valence-electron chi connectivity index (χ4n) is 2.55. The van der Waals surface area contributed by atoms with E-state index in [1.54, 1.807) is 27.2 Å². The highest BCUT2D eigenvalue weighted by Gasteiger charge is 2.43. The van der Waals surface area contributed by atoms with Crippen LogP contribution in [0.2, 0.25) is 5.15 Å². The van der Waals surface area contributed by atoms with E-state index in [-0.39, 0.29) is 17.6 Å². The summed E-state index contributed by atoms with van der Waals surface area (Å²) in [5.41, 5.74) is 2.08. The van der Waals surface area contributed by atoms with Crippen LogP contribution in [0.4, 0.5) is 0 Å². The molecule has 0 aliphatic heterocycles. The Morgan fingerprint density at radius 2 is 2.18 bits per heavy atom. The van der Waals surface area contributed by atoms with Gasteiger partial charge in [0.25, 0.3) is 0 Å². The lowest BCUT2D eigenvalue weighted by Gasteiger charge is -2.08. The number of hydrogen-bond donors (Lipinski definition) is 0. The molecule has 2 aromatic rings. The summed E-state index contributed by atoms with van der Waals surface area (Å²) in [6.07, 6.45) is 2.46. The SMILES string of the molecule is COc1nc(C)ncc1-c1cc([C@H]2C[C@@H]2C(C)=O)c(Cl)nn1. The number of ketones is 1. The van der Waals surface area contributed by atoms with Gasteiger partial charge in [0.15, 0.2) is 5.15 Å². The van der Waals surface area contributed by atoms with E-state index in [1.165, 1.54) is 0 Å². The average molecular weight is 319 g/mol. The molecular formula is C15H15ClN4O2. The maximum absolute atomic E-state index is 11.5. The Hall–Kier alpha value is -2.08. The minimum atomic E-state index is 0.0331. The highest BCUT2D eigenvalue weighted by atomic mass is 35.5. The third kappa shape index (κ3) is 2.66. The number of Topliss-reactive ketones (excluding diaryl/α,β-unsaturated/α-hetero) is 1. The van der Waals surface area contributed by atoms with Crippen molar-refractivity contribution < 1.29 is 9.53 Å². The number of hydrogen-bond acceptors (Lipinski definition) is 6. The van der Waals surface area contributed by atoms with Gasteiger partial charge >= 0.3 is 0 Å². The molecule has 0 unspecified atom stereocenters. The van der Waals surface area contributed by atoms with Crippen molar-refractivity contribution in [1.29, 1.82) is 0 Å². The van der Waals surface area contributed by atoms with Crippen LogP contribution in [0, 0.1) is 12.8 Å². The first-order valence-corrected chi connectivity index (χ1v) is 7.30. The molecule has 0 bridgehead atoms. The predicted molar refractivity (Wildman–Crippen MR) is 80.9 cm³/mol. The maximum atomic E-state index is 11.5. The highest BCUT2D eigenvalue weighted by Crippen LogP contribution is 2.50. The molecule has 0 saturated heterocycles. The molecule has 1 saturated carbocycles. The molecule has 3 rings (SSSR count). The summed E-state index contributed by atoms with van der Waals surface area (Å²) in [6.45, 7) is 3.39. The molecule has 6 nitrogen and oxygen atoms in total. The van der Waals surface area contributed by atoms with Crippen LogP contribution in [-0.4, -0.2) is 33.1 Å². The standard InChI is InChI=1S/C15H15ClN4O2/c1-7(21)9-4-10(9)11-5-13(19-20-14(11)16)12-6-17-8(2)18-15(12)22-3/h5-6,9-10H,4H2,1-3H3/t9-,10+/m1/s1. The molecular weight excluding hydrogens is 304 g/mol. The van der Waals surface area contributed by atoms with Crippen LogP contribution in [0.15, 0.2) is 12.3 Å². The molecule has 22 heavy (non-hydrogen) atoms. The van der Waals surface area contributed by atoms with Crippen LogP contribution in [0.1, 0.15) is 30.7 Å². The second kappa shape index (κ2) is 5.61. The lowest BCUT2D eigenvalue weighted by atomic mass is 10.1. The van der Waals surface area contributed by atoms with Crippen LogP contribution in [-0.2, 0) is 4.79 Å². The number of methoxy groups -OCH3 is 1. The van der Waals surface area contributed by atoms with Gasteiger partial charge < -0.3 is 4.74 Å². The van der Waals surface area contributed by atoms with Crippen molar-refractivity contribution in [2.45, 2.75) is 26.2 Å². The number of carbonyl (C=O) groups excluding carboxylic acids is 1. The molecule has 114 valence electrons. The van der Waals surface area contributed by atoms with Gasteiger partial charge in [0.05, 0.1) is 12.7 Å². The van der Waals surface area contributed by atoms with Crippen molar-refractivity contribution in [3.05, 3.63) is 28.8 Å². The first kappa shape index (κ1) is 14.8. The van der Waals surface area contributed by atoms with E-state index >= 15 is 0 Å². The molecule has 0 amide bonds. The van der Waals surface area contributed by atoms with E-state index in [0.717, 1.165) is 12.0 Å².